The van der Waals surface area contributed by atoms with E-state index in [0.29, 0.717) is 19.1 Å². The van der Waals surface area contributed by atoms with Crippen LogP contribution in [0.4, 0.5) is 0 Å². The van der Waals surface area contributed by atoms with E-state index < -0.39 is 123 Å². The number of nitrogens with one attached hydrogen (secondary N) is 7. The molecule has 19 heteroatoms. The maximum atomic E-state index is 13.3. The quantitative estimate of drug-likeness (QED) is 0.117. The number of hydrogen-bond donors (Lipinski definition) is 9. The average Bonchev–Trinajstić information content (AvgIpc) is 3.53. The molecule has 0 bridgehead atoms. The van der Waals surface area contributed by atoms with E-state index in [2.05, 4.69) is 37.2 Å². The molecule has 2 heterocycles. The van der Waals surface area contributed by atoms with Crippen LogP contribution in [0, 0.1) is 0 Å². The van der Waals surface area contributed by atoms with Gasteiger partial charge in [0.05, 0.1) is 38.9 Å². The summed E-state index contributed by atoms with van der Waals surface area (Å²) in [6.45, 7) is -1.25. The summed E-state index contributed by atoms with van der Waals surface area (Å²) in [5.41, 5.74) is 0. The van der Waals surface area contributed by atoms with Gasteiger partial charge >= 0.3 is 0 Å². The molecule has 2 fully saturated rings. The number of rotatable bonds is 7. The van der Waals surface area contributed by atoms with Gasteiger partial charge in [0, 0.05) is 19.4 Å². The third kappa shape index (κ3) is 12.0. The number of aliphatic hydroxyl groups is 2. The van der Waals surface area contributed by atoms with Gasteiger partial charge in [0.2, 0.25) is 47.3 Å². The Hall–Kier alpha value is -4.65. The Balaban J connectivity index is 2.30. The summed E-state index contributed by atoms with van der Waals surface area (Å²) >= 11 is 0. The Morgan fingerprint density at radius 3 is 1.85 bits per heavy atom. The van der Waals surface area contributed by atoms with Crippen molar-refractivity contribution in [2.24, 2.45) is 0 Å². The van der Waals surface area contributed by atoms with Crippen molar-refractivity contribution in [2.75, 3.05) is 39.3 Å². The van der Waals surface area contributed by atoms with Crippen LogP contribution >= 0.6 is 0 Å². The SMILES string of the molecule is CCCC1NC(=O)CNC(=O)CNC(=O)C(CC(O)CO)NC(=O)C2CCCN2C(=O)C(CC=O)NC(=O)CNC(=O)CNC1=O. The van der Waals surface area contributed by atoms with Crippen molar-refractivity contribution in [3.63, 3.8) is 0 Å². The van der Waals surface area contributed by atoms with E-state index in [4.69, 9.17) is 0 Å². The van der Waals surface area contributed by atoms with Gasteiger partial charge in [-0.1, -0.05) is 13.3 Å². The van der Waals surface area contributed by atoms with Gasteiger partial charge < -0.3 is 57.1 Å². The summed E-state index contributed by atoms with van der Waals surface area (Å²) in [5.74, 6) is -6.28. The van der Waals surface area contributed by atoms with Gasteiger partial charge in [-0.3, -0.25) is 38.4 Å². The first kappa shape index (κ1) is 37.5. The van der Waals surface area contributed by atoms with Crippen molar-refractivity contribution in [1.82, 2.24) is 42.1 Å². The number of carbonyl (C=O) groups excluding carboxylic acids is 9. The van der Waals surface area contributed by atoms with Crippen LogP contribution in [-0.4, -0.2) is 138 Å². The lowest BCUT2D eigenvalue weighted by Gasteiger charge is -2.29. The zero-order chi connectivity index (χ0) is 34.2. The first-order valence-electron chi connectivity index (χ1n) is 14.9. The first-order valence-corrected chi connectivity index (χ1v) is 14.9. The summed E-state index contributed by atoms with van der Waals surface area (Å²) in [6, 6.07) is -5.00. The Morgan fingerprint density at radius 2 is 1.30 bits per heavy atom. The van der Waals surface area contributed by atoms with Gasteiger partial charge in [-0.15, -0.1) is 0 Å². The smallest absolute Gasteiger partial charge is 0.246 e. The van der Waals surface area contributed by atoms with Crippen LogP contribution in [0.15, 0.2) is 0 Å². The summed E-state index contributed by atoms with van der Waals surface area (Å²) in [5, 5.41) is 35.6. The maximum absolute atomic E-state index is 13.3. The molecule has 8 amide bonds. The van der Waals surface area contributed by atoms with Gasteiger partial charge in [-0.05, 0) is 19.3 Å². The lowest BCUT2D eigenvalue weighted by molar-refractivity contribution is -0.142. The Labute approximate surface area is 264 Å². The highest BCUT2D eigenvalue weighted by Crippen LogP contribution is 2.20. The van der Waals surface area contributed by atoms with Crippen LogP contribution in [0.2, 0.25) is 0 Å². The molecule has 9 N–H and O–H groups in total. The van der Waals surface area contributed by atoms with E-state index in [0.717, 1.165) is 4.90 Å². The first-order chi connectivity index (χ1) is 21.9. The van der Waals surface area contributed by atoms with E-state index in [9.17, 15) is 53.4 Å². The van der Waals surface area contributed by atoms with Crippen molar-refractivity contribution >= 4 is 53.5 Å². The molecule has 19 nitrogen and oxygen atoms in total. The lowest BCUT2D eigenvalue weighted by atomic mass is 10.1. The predicted octanol–water partition coefficient (Wildman–Crippen LogP) is -5.96. The molecular weight excluding hydrogens is 612 g/mol. The Kier molecular flexibility index (Phi) is 15.5. The zero-order valence-corrected chi connectivity index (χ0v) is 25.5. The van der Waals surface area contributed by atoms with Crippen molar-refractivity contribution in [1.29, 1.82) is 0 Å². The molecule has 0 aromatic rings. The number of aldehydes is 1. The minimum absolute atomic E-state index is 0.0848. The van der Waals surface area contributed by atoms with Crippen LogP contribution in [-0.2, 0) is 43.2 Å². The fraction of sp³-hybridized carbons (Fsp3) is 0.667. The molecule has 2 aliphatic rings. The molecular formula is C27H42N8O11. The van der Waals surface area contributed by atoms with Gasteiger partial charge in [0.1, 0.15) is 30.5 Å². The third-order valence-electron chi connectivity index (χ3n) is 7.12. The maximum Gasteiger partial charge on any atom is 0.246 e. The number of carbonyl (C=O) groups is 9. The van der Waals surface area contributed by atoms with E-state index in [1.807, 2.05) is 0 Å². The molecule has 0 aromatic carbocycles. The number of amides is 8. The predicted molar refractivity (Wildman–Crippen MR) is 156 cm³/mol. The molecule has 5 atom stereocenters. The summed E-state index contributed by atoms with van der Waals surface area (Å²) in [7, 11) is 0. The number of nitrogens with zero attached hydrogens (tertiary/aromatic N) is 1. The van der Waals surface area contributed by atoms with Crippen LogP contribution < -0.4 is 37.2 Å². The summed E-state index contributed by atoms with van der Waals surface area (Å²) < 4.78 is 0. The van der Waals surface area contributed by atoms with Gasteiger partial charge in [-0.25, -0.2) is 0 Å². The van der Waals surface area contributed by atoms with Crippen molar-refractivity contribution in [3.8, 4) is 0 Å². The lowest BCUT2D eigenvalue weighted by Crippen LogP contribution is -2.58. The monoisotopic (exact) mass is 654 g/mol. The van der Waals surface area contributed by atoms with Crippen LogP contribution in [0.25, 0.3) is 0 Å². The minimum Gasteiger partial charge on any atom is -0.394 e. The number of hydrogen-bond acceptors (Lipinski definition) is 11. The number of fused-ring (bicyclic) bond motifs is 1. The highest BCUT2D eigenvalue weighted by molar-refractivity contribution is 5.97. The minimum atomic E-state index is -1.45. The zero-order valence-electron chi connectivity index (χ0n) is 25.5. The normalized spacial score (nSPS) is 25.8. The fourth-order valence-corrected chi connectivity index (χ4v) is 4.78. The second kappa shape index (κ2) is 19.0. The second-order valence-corrected chi connectivity index (χ2v) is 10.7. The van der Waals surface area contributed by atoms with Crippen LogP contribution in [0.1, 0.15) is 45.4 Å². The Morgan fingerprint density at radius 1 is 0.761 bits per heavy atom. The number of aliphatic hydroxyl groups excluding tert-OH is 2. The average molecular weight is 655 g/mol. The van der Waals surface area contributed by atoms with Gasteiger partial charge in [0.15, 0.2) is 0 Å². The molecule has 0 spiro atoms. The molecule has 5 unspecified atom stereocenters. The molecule has 0 radical (unpaired) electrons. The fourth-order valence-electron chi connectivity index (χ4n) is 4.78. The topological polar surface area (TPSA) is 282 Å². The molecule has 2 saturated heterocycles. The van der Waals surface area contributed by atoms with E-state index >= 15 is 0 Å². The molecule has 256 valence electrons. The van der Waals surface area contributed by atoms with Crippen molar-refractivity contribution < 1.29 is 53.4 Å². The highest BCUT2D eigenvalue weighted by Gasteiger charge is 2.39. The second-order valence-electron chi connectivity index (χ2n) is 10.7. The third-order valence-corrected chi connectivity index (χ3v) is 7.12. The van der Waals surface area contributed by atoms with E-state index in [1.54, 1.807) is 6.92 Å². The standard InChI is InChI=1S/C27H42N8O11/c1-2-4-16-24(43)30-10-20(39)29-13-23(42)33-17(6-8-36)27(46)35-7-3-5-19(35)26(45)34-18(9-15(38)14-37)25(44)31-11-21(40)28-12-22(41)32-16/h8,15-19,37-38H,2-7,9-14H2,1H3,(H,28,40)(H,29,39)(H,30,43)(H,31,44)(H,32,41)(H,33,42)(H,34,45). The molecule has 2 aliphatic heterocycles. The summed E-state index contributed by atoms with van der Waals surface area (Å²) in [4.78, 5) is 114. The van der Waals surface area contributed by atoms with Crippen molar-refractivity contribution in [3.05, 3.63) is 0 Å². The van der Waals surface area contributed by atoms with Gasteiger partial charge in [-0.2, -0.15) is 0 Å². The van der Waals surface area contributed by atoms with Crippen molar-refractivity contribution in [2.45, 2.75) is 75.7 Å². The molecule has 0 aromatic heterocycles. The molecule has 0 aliphatic carbocycles. The van der Waals surface area contributed by atoms with Crippen LogP contribution in [0.5, 0.6) is 0 Å². The largest absolute Gasteiger partial charge is 0.394 e. The van der Waals surface area contributed by atoms with E-state index in [-0.39, 0.29) is 19.4 Å². The van der Waals surface area contributed by atoms with Gasteiger partial charge in [0.25, 0.3) is 0 Å². The molecule has 2 rings (SSSR count). The van der Waals surface area contributed by atoms with E-state index in [1.165, 1.54) is 0 Å². The molecule has 0 saturated carbocycles. The molecule has 46 heavy (non-hydrogen) atoms. The highest BCUT2D eigenvalue weighted by atomic mass is 16.3. The summed E-state index contributed by atoms with van der Waals surface area (Å²) in [6.07, 6.45) is -0.711. The Bertz CT molecular complexity index is 1170. The van der Waals surface area contributed by atoms with Crippen LogP contribution in [0.3, 0.4) is 0 Å².